The minimum atomic E-state index is -1.12. The molecule has 0 aliphatic heterocycles. The number of amides is 1. The summed E-state index contributed by atoms with van der Waals surface area (Å²) >= 11 is 0. The SMILES string of the molecule is O=C(NC(C(=O)O)c1ccccc1)c1ccc(-c2cn[nH]n2)cc1. The zero-order chi connectivity index (χ0) is 16.9. The van der Waals surface area contributed by atoms with Crippen LogP contribution in [0.15, 0.2) is 60.8 Å². The highest BCUT2D eigenvalue weighted by molar-refractivity contribution is 5.97. The number of rotatable bonds is 5. The lowest BCUT2D eigenvalue weighted by Crippen LogP contribution is -2.33. The van der Waals surface area contributed by atoms with Crippen LogP contribution in [0.25, 0.3) is 11.3 Å². The van der Waals surface area contributed by atoms with Gasteiger partial charge in [0.1, 0.15) is 5.69 Å². The number of aliphatic carboxylic acids is 1. The predicted octanol–water partition coefficient (Wildman–Crippen LogP) is 2.03. The molecule has 2 aromatic carbocycles. The summed E-state index contributed by atoms with van der Waals surface area (Å²) in [5, 5.41) is 22.1. The topological polar surface area (TPSA) is 108 Å². The number of nitrogens with zero attached hydrogens (tertiary/aromatic N) is 2. The number of hydrogen-bond donors (Lipinski definition) is 3. The number of aromatic nitrogens is 3. The normalized spacial score (nSPS) is 11.7. The van der Waals surface area contributed by atoms with E-state index in [2.05, 4.69) is 20.7 Å². The van der Waals surface area contributed by atoms with Crippen LogP contribution in [0.1, 0.15) is 22.0 Å². The Morgan fingerprint density at radius 1 is 1.04 bits per heavy atom. The quantitative estimate of drug-likeness (QED) is 0.666. The van der Waals surface area contributed by atoms with E-state index in [9.17, 15) is 14.7 Å². The molecule has 7 heteroatoms. The molecule has 1 aromatic heterocycles. The number of carboxylic acids is 1. The van der Waals surface area contributed by atoms with Gasteiger partial charge in [-0.1, -0.05) is 42.5 Å². The Morgan fingerprint density at radius 3 is 2.33 bits per heavy atom. The van der Waals surface area contributed by atoms with Gasteiger partial charge < -0.3 is 10.4 Å². The molecule has 0 saturated heterocycles. The van der Waals surface area contributed by atoms with Crippen LogP contribution in [0.3, 0.4) is 0 Å². The number of hydrogen-bond acceptors (Lipinski definition) is 4. The van der Waals surface area contributed by atoms with E-state index in [1.807, 2.05) is 0 Å². The standard InChI is InChI=1S/C17H14N4O3/c22-16(19-15(17(23)24)12-4-2-1-3-5-12)13-8-6-11(7-9-13)14-10-18-21-20-14/h1-10,15H,(H,19,22)(H,23,24)(H,18,20,21). The zero-order valence-corrected chi connectivity index (χ0v) is 12.5. The Morgan fingerprint density at radius 2 is 1.75 bits per heavy atom. The third-order valence-electron chi connectivity index (χ3n) is 3.51. The first-order chi connectivity index (χ1) is 11.6. The number of nitrogens with one attached hydrogen (secondary N) is 2. The van der Waals surface area contributed by atoms with E-state index in [4.69, 9.17) is 0 Å². The molecule has 0 spiro atoms. The molecule has 0 saturated carbocycles. The molecule has 3 N–H and O–H groups in total. The van der Waals surface area contributed by atoms with E-state index >= 15 is 0 Å². The molecule has 1 atom stereocenters. The number of H-pyrrole nitrogens is 1. The van der Waals surface area contributed by atoms with Crippen LogP contribution >= 0.6 is 0 Å². The summed E-state index contributed by atoms with van der Waals surface area (Å²) in [6.45, 7) is 0. The molecule has 0 radical (unpaired) electrons. The van der Waals surface area contributed by atoms with Crippen molar-refractivity contribution in [3.05, 3.63) is 71.9 Å². The largest absolute Gasteiger partial charge is 0.479 e. The summed E-state index contributed by atoms with van der Waals surface area (Å²) in [5.41, 5.74) is 2.34. The minimum Gasteiger partial charge on any atom is -0.479 e. The molecule has 0 aliphatic rings. The van der Waals surface area contributed by atoms with Crippen LogP contribution in [0.5, 0.6) is 0 Å². The summed E-state index contributed by atoms with van der Waals surface area (Å²) < 4.78 is 0. The van der Waals surface area contributed by atoms with Crippen molar-refractivity contribution in [2.45, 2.75) is 6.04 Å². The van der Waals surface area contributed by atoms with E-state index in [1.165, 1.54) is 0 Å². The van der Waals surface area contributed by atoms with Gasteiger partial charge in [-0.05, 0) is 17.7 Å². The summed E-state index contributed by atoms with van der Waals surface area (Å²) in [4.78, 5) is 23.8. The Kier molecular flexibility index (Phi) is 4.33. The first-order valence-corrected chi connectivity index (χ1v) is 7.20. The van der Waals surface area contributed by atoms with Gasteiger partial charge in [-0.2, -0.15) is 15.4 Å². The lowest BCUT2D eigenvalue weighted by molar-refractivity contribution is -0.139. The first kappa shape index (κ1) is 15.4. The van der Waals surface area contributed by atoms with E-state index in [-0.39, 0.29) is 0 Å². The highest BCUT2D eigenvalue weighted by Gasteiger charge is 2.22. The maximum absolute atomic E-state index is 12.3. The average molecular weight is 322 g/mol. The summed E-state index contributed by atoms with van der Waals surface area (Å²) in [7, 11) is 0. The molecule has 1 unspecified atom stereocenters. The van der Waals surface area contributed by atoms with Gasteiger partial charge in [0.2, 0.25) is 0 Å². The Balaban J connectivity index is 1.77. The third kappa shape index (κ3) is 3.30. The Hall–Kier alpha value is -3.48. The van der Waals surface area contributed by atoms with Crippen LogP contribution in [0.2, 0.25) is 0 Å². The van der Waals surface area contributed by atoms with E-state index in [0.717, 1.165) is 5.56 Å². The van der Waals surface area contributed by atoms with Crippen molar-refractivity contribution >= 4 is 11.9 Å². The van der Waals surface area contributed by atoms with Crippen molar-refractivity contribution in [1.29, 1.82) is 0 Å². The van der Waals surface area contributed by atoms with Crippen molar-refractivity contribution in [2.24, 2.45) is 0 Å². The zero-order valence-electron chi connectivity index (χ0n) is 12.5. The maximum atomic E-state index is 12.3. The van der Waals surface area contributed by atoms with Gasteiger partial charge in [-0.15, -0.1) is 0 Å². The van der Waals surface area contributed by atoms with Gasteiger partial charge in [0.05, 0.1) is 6.20 Å². The molecule has 3 aromatic rings. The van der Waals surface area contributed by atoms with Crippen molar-refractivity contribution < 1.29 is 14.7 Å². The number of carboxylic acid groups (broad SMARTS) is 1. The molecule has 0 aliphatic carbocycles. The molecular weight excluding hydrogens is 308 g/mol. The highest BCUT2D eigenvalue weighted by atomic mass is 16.4. The van der Waals surface area contributed by atoms with E-state index < -0.39 is 17.9 Å². The lowest BCUT2D eigenvalue weighted by atomic mass is 10.1. The molecular formula is C17H14N4O3. The second kappa shape index (κ2) is 6.74. The van der Waals surface area contributed by atoms with Gasteiger partial charge >= 0.3 is 5.97 Å². The van der Waals surface area contributed by atoms with Crippen LogP contribution in [-0.4, -0.2) is 32.4 Å². The number of carbonyl (C=O) groups is 2. The van der Waals surface area contributed by atoms with Crippen molar-refractivity contribution in [3.8, 4) is 11.3 Å². The molecule has 120 valence electrons. The molecule has 24 heavy (non-hydrogen) atoms. The monoisotopic (exact) mass is 322 g/mol. The number of benzene rings is 2. The fourth-order valence-electron chi connectivity index (χ4n) is 2.28. The fourth-order valence-corrected chi connectivity index (χ4v) is 2.28. The molecule has 1 amide bonds. The minimum absolute atomic E-state index is 0.365. The molecule has 7 nitrogen and oxygen atoms in total. The van der Waals surface area contributed by atoms with Crippen LogP contribution in [-0.2, 0) is 4.79 Å². The maximum Gasteiger partial charge on any atom is 0.330 e. The van der Waals surface area contributed by atoms with Crippen LogP contribution < -0.4 is 5.32 Å². The Bertz CT molecular complexity index is 830. The summed E-state index contributed by atoms with van der Waals surface area (Å²) in [6.07, 6.45) is 1.57. The number of carbonyl (C=O) groups excluding carboxylic acids is 1. The van der Waals surface area contributed by atoms with E-state index in [1.54, 1.807) is 60.8 Å². The van der Waals surface area contributed by atoms with Gasteiger partial charge in [0, 0.05) is 11.1 Å². The van der Waals surface area contributed by atoms with Crippen molar-refractivity contribution in [3.63, 3.8) is 0 Å². The highest BCUT2D eigenvalue weighted by Crippen LogP contribution is 2.17. The average Bonchev–Trinajstić information content (AvgIpc) is 3.15. The second-order valence-electron chi connectivity index (χ2n) is 5.09. The van der Waals surface area contributed by atoms with Gasteiger partial charge in [-0.3, -0.25) is 4.79 Å². The molecule has 1 heterocycles. The first-order valence-electron chi connectivity index (χ1n) is 7.20. The molecule has 0 fully saturated rings. The fraction of sp³-hybridized carbons (Fsp3) is 0.0588. The van der Waals surface area contributed by atoms with Gasteiger partial charge in [0.25, 0.3) is 5.91 Å². The Labute approximate surface area is 137 Å². The smallest absolute Gasteiger partial charge is 0.330 e. The van der Waals surface area contributed by atoms with Crippen LogP contribution in [0.4, 0.5) is 0 Å². The molecule has 0 bridgehead atoms. The van der Waals surface area contributed by atoms with E-state index in [0.29, 0.717) is 16.8 Å². The van der Waals surface area contributed by atoms with Crippen molar-refractivity contribution in [2.75, 3.05) is 0 Å². The third-order valence-corrected chi connectivity index (χ3v) is 3.51. The van der Waals surface area contributed by atoms with Crippen molar-refractivity contribution in [1.82, 2.24) is 20.7 Å². The summed E-state index contributed by atoms with van der Waals surface area (Å²) in [6, 6.07) is 14.1. The number of aromatic amines is 1. The van der Waals surface area contributed by atoms with Gasteiger partial charge in [-0.25, -0.2) is 4.79 Å². The van der Waals surface area contributed by atoms with Crippen LogP contribution in [0, 0.1) is 0 Å². The second-order valence-corrected chi connectivity index (χ2v) is 5.09. The van der Waals surface area contributed by atoms with Gasteiger partial charge in [0.15, 0.2) is 6.04 Å². The summed E-state index contributed by atoms with van der Waals surface area (Å²) in [5.74, 6) is -1.58. The lowest BCUT2D eigenvalue weighted by Gasteiger charge is -2.15. The molecule has 3 rings (SSSR count). The predicted molar refractivity (Wildman–Crippen MR) is 86.1 cm³/mol.